The lowest BCUT2D eigenvalue weighted by molar-refractivity contribution is -0.114. The van der Waals surface area contributed by atoms with Gasteiger partial charge in [0.25, 0.3) is 5.91 Å². The Kier molecular flexibility index (Phi) is 5.08. The molecule has 29 heavy (non-hydrogen) atoms. The highest BCUT2D eigenvalue weighted by atomic mass is 35.5. The van der Waals surface area contributed by atoms with E-state index in [0.29, 0.717) is 21.3 Å². The summed E-state index contributed by atoms with van der Waals surface area (Å²) in [6, 6.07) is 16.6. The first-order chi connectivity index (χ1) is 13.9. The van der Waals surface area contributed by atoms with Crippen LogP contribution in [0.4, 0.5) is 11.4 Å². The Morgan fingerprint density at radius 2 is 1.83 bits per heavy atom. The second-order valence-corrected chi connectivity index (χ2v) is 7.93. The Bertz CT molecular complexity index is 1230. The molecule has 0 unspecified atom stereocenters. The lowest BCUT2D eigenvalue weighted by Gasteiger charge is -2.08. The van der Waals surface area contributed by atoms with Crippen molar-refractivity contribution in [3.8, 4) is 5.69 Å². The van der Waals surface area contributed by atoms with E-state index in [1.54, 1.807) is 18.2 Å². The summed E-state index contributed by atoms with van der Waals surface area (Å²) >= 11 is 7.63. The molecule has 2 amide bonds. The van der Waals surface area contributed by atoms with Gasteiger partial charge in [-0.1, -0.05) is 29.8 Å². The van der Waals surface area contributed by atoms with Crippen LogP contribution in [0.25, 0.3) is 15.9 Å². The molecule has 0 aliphatic carbocycles. The van der Waals surface area contributed by atoms with Crippen molar-refractivity contribution in [3.63, 3.8) is 0 Å². The molecule has 4 aromatic rings. The van der Waals surface area contributed by atoms with Gasteiger partial charge < -0.3 is 10.6 Å². The minimum Gasteiger partial charge on any atom is -0.326 e. The van der Waals surface area contributed by atoms with Crippen LogP contribution in [0.3, 0.4) is 0 Å². The van der Waals surface area contributed by atoms with Crippen LogP contribution in [0, 0.1) is 6.92 Å². The summed E-state index contributed by atoms with van der Waals surface area (Å²) in [4.78, 5) is 25.4. The molecule has 0 spiro atoms. The van der Waals surface area contributed by atoms with Crippen molar-refractivity contribution in [2.45, 2.75) is 13.8 Å². The van der Waals surface area contributed by atoms with Crippen LogP contribution in [-0.4, -0.2) is 21.6 Å². The lowest BCUT2D eigenvalue weighted by atomic mass is 10.2. The highest BCUT2D eigenvalue weighted by Gasteiger charge is 2.18. The van der Waals surface area contributed by atoms with Gasteiger partial charge in [0.05, 0.1) is 27.0 Å². The van der Waals surface area contributed by atoms with Gasteiger partial charge >= 0.3 is 0 Å². The predicted octanol–water partition coefficient (Wildman–Crippen LogP) is 5.26. The van der Waals surface area contributed by atoms with Crippen LogP contribution in [0.2, 0.25) is 5.02 Å². The summed E-state index contributed by atoms with van der Waals surface area (Å²) in [5.41, 5.74) is 2.85. The van der Waals surface area contributed by atoms with Crippen molar-refractivity contribution in [1.82, 2.24) is 9.78 Å². The molecule has 0 atom stereocenters. The third kappa shape index (κ3) is 3.87. The fourth-order valence-corrected chi connectivity index (χ4v) is 4.29. The number of aryl methyl sites for hydroxylation is 1. The minimum atomic E-state index is -0.251. The molecule has 2 N–H and O–H groups in total. The van der Waals surface area contributed by atoms with Crippen LogP contribution in [0.1, 0.15) is 22.3 Å². The zero-order valence-corrected chi connectivity index (χ0v) is 17.3. The first kappa shape index (κ1) is 19.2. The summed E-state index contributed by atoms with van der Waals surface area (Å²) < 4.78 is 1.85. The SMILES string of the molecule is CC(=O)Nc1ccc(NC(=O)c2cc3c(C)nn(-c4ccccc4)c3s2)c(Cl)c1. The van der Waals surface area contributed by atoms with Gasteiger partial charge in [0, 0.05) is 18.0 Å². The van der Waals surface area contributed by atoms with E-state index >= 15 is 0 Å². The van der Waals surface area contributed by atoms with Gasteiger partial charge in [0.15, 0.2) is 0 Å². The average molecular weight is 425 g/mol. The van der Waals surface area contributed by atoms with Gasteiger partial charge in [-0.25, -0.2) is 4.68 Å². The van der Waals surface area contributed by atoms with E-state index in [4.69, 9.17) is 11.6 Å². The second-order valence-electron chi connectivity index (χ2n) is 6.49. The molecule has 6 nitrogen and oxygen atoms in total. The molecule has 0 bridgehead atoms. The normalized spacial score (nSPS) is 10.9. The van der Waals surface area contributed by atoms with E-state index < -0.39 is 0 Å². The number of aromatic nitrogens is 2. The molecule has 0 aliphatic rings. The Hall–Kier alpha value is -3.16. The van der Waals surface area contributed by atoms with Crippen molar-refractivity contribution < 1.29 is 9.59 Å². The monoisotopic (exact) mass is 424 g/mol. The van der Waals surface area contributed by atoms with E-state index in [1.165, 1.54) is 18.3 Å². The second kappa shape index (κ2) is 7.69. The average Bonchev–Trinajstić information content (AvgIpc) is 3.25. The molecule has 0 radical (unpaired) electrons. The fraction of sp³-hybridized carbons (Fsp3) is 0.0952. The van der Waals surface area contributed by atoms with Crippen LogP contribution < -0.4 is 10.6 Å². The number of hydrogen-bond donors (Lipinski definition) is 2. The fourth-order valence-electron chi connectivity index (χ4n) is 2.98. The largest absolute Gasteiger partial charge is 0.326 e. The van der Waals surface area contributed by atoms with Gasteiger partial charge in [-0.2, -0.15) is 5.10 Å². The van der Waals surface area contributed by atoms with E-state index in [9.17, 15) is 9.59 Å². The number of fused-ring (bicyclic) bond motifs is 1. The molecule has 2 aromatic carbocycles. The molecule has 8 heteroatoms. The Balaban J connectivity index is 1.62. The summed E-state index contributed by atoms with van der Waals surface area (Å²) in [5.74, 6) is -0.439. The number of rotatable bonds is 4. The number of carbonyl (C=O) groups excluding carboxylic acids is 2. The summed E-state index contributed by atoms with van der Waals surface area (Å²) in [7, 11) is 0. The smallest absolute Gasteiger partial charge is 0.265 e. The Morgan fingerprint density at radius 1 is 1.07 bits per heavy atom. The van der Waals surface area contributed by atoms with Crippen molar-refractivity contribution in [3.05, 3.63) is 70.2 Å². The topological polar surface area (TPSA) is 76.0 Å². The zero-order valence-electron chi connectivity index (χ0n) is 15.7. The standard InChI is InChI=1S/C21H17ClN4O2S/c1-12-16-11-19(29-21(16)26(25-12)15-6-4-3-5-7-15)20(28)24-18-9-8-14(10-17(18)22)23-13(2)27/h3-11H,1-2H3,(H,23,27)(H,24,28). The molecule has 2 aromatic heterocycles. The van der Waals surface area contributed by atoms with Crippen LogP contribution in [0.15, 0.2) is 54.6 Å². The van der Waals surface area contributed by atoms with Crippen LogP contribution in [0.5, 0.6) is 0 Å². The Labute approximate surface area is 176 Å². The van der Waals surface area contributed by atoms with E-state index in [2.05, 4.69) is 15.7 Å². The summed E-state index contributed by atoms with van der Waals surface area (Å²) in [6.07, 6.45) is 0. The summed E-state index contributed by atoms with van der Waals surface area (Å²) in [6.45, 7) is 3.34. The Morgan fingerprint density at radius 3 is 2.52 bits per heavy atom. The maximum atomic E-state index is 12.8. The molecule has 4 rings (SSSR count). The molecule has 146 valence electrons. The van der Waals surface area contributed by atoms with Gasteiger partial charge in [-0.15, -0.1) is 11.3 Å². The number of hydrogen-bond acceptors (Lipinski definition) is 4. The number of carbonyl (C=O) groups is 2. The van der Waals surface area contributed by atoms with Crippen molar-refractivity contribution in [2.24, 2.45) is 0 Å². The number of nitrogens with zero attached hydrogens (tertiary/aromatic N) is 2. The van der Waals surface area contributed by atoms with Crippen LogP contribution in [-0.2, 0) is 4.79 Å². The van der Waals surface area contributed by atoms with Gasteiger partial charge in [-0.3, -0.25) is 9.59 Å². The third-order valence-corrected chi connectivity index (χ3v) is 5.73. The quantitative estimate of drug-likeness (QED) is 0.469. The highest BCUT2D eigenvalue weighted by Crippen LogP contribution is 2.32. The predicted molar refractivity (Wildman–Crippen MR) is 117 cm³/mol. The van der Waals surface area contributed by atoms with E-state index in [0.717, 1.165) is 21.6 Å². The maximum Gasteiger partial charge on any atom is 0.265 e. The molecule has 2 heterocycles. The van der Waals surface area contributed by atoms with E-state index in [1.807, 2.05) is 48.0 Å². The van der Waals surface area contributed by atoms with E-state index in [-0.39, 0.29) is 11.8 Å². The molecular formula is C21H17ClN4O2S. The first-order valence-electron chi connectivity index (χ1n) is 8.85. The highest BCUT2D eigenvalue weighted by molar-refractivity contribution is 7.20. The number of benzene rings is 2. The number of anilines is 2. The zero-order chi connectivity index (χ0) is 20.5. The van der Waals surface area contributed by atoms with Crippen molar-refractivity contribution in [1.29, 1.82) is 0 Å². The molecule has 0 saturated heterocycles. The number of thiophene rings is 1. The molecule has 0 saturated carbocycles. The number of para-hydroxylation sites is 1. The van der Waals surface area contributed by atoms with Gasteiger partial charge in [0.2, 0.25) is 5.91 Å². The first-order valence-corrected chi connectivity index (χ1v) is 10.0. The molecule has 0 aliphatic heterocycles. The van der Waals surface area contributed by atoms with Crippen molar-refractivity contribution in [2.75, 3.05) is 10.6 Å². The minimum absolute atomic E-state index is 0.189. The van der Waals surface area contributed by atoms with Crippen LogP contribution >= 0.6 is 22.9 Å². The molecule has 0 fully saturated rings. The summed E-state index contributed by atoms with van der Waals surface area (Å²) in [5, 5.41) is 11.4. The number of nitrogens with one attached hydrogen (secondary N) is 2. The van der Waals surface area contributed by atoms with Gasteiger partial charge in [0.1, 0.15) is 4.83 Å². The number of halogens is 1. The number of amides is 2. The van der Waals surface area contributed by atoms with Gasteiger partial charge in [-0.05, 0) is 43.3 Å². The molecular weight excluding hydrogens is 408 g/mol. The third-order valence-electron chi connectivity index (χ3n) is 4.31. The maximum absolute atomic E-state index is 12.8. The lowest BCUT2D eigenvalue weighted by Crippen LogP contribution is -2.11. The van der Waals surface area contributed by atoms with Crippen molar-refractivity contribution >= 4 is 56.3 Å².